The first-order valence-corrected chi connectivity index (χ1v) is 10.6. The first kappa shape index (κ1) is 18.3. The molecule has 0 aromatic heterocycles. The van der Waals surface area contributed by atoms with E-state index in [0.717, 1.165) is 37.1 Å². The maximum Gasteiger partial charge on any atom is 0.223 e. The van der Waals surface area contributed by atoms with Crippen LogP contribution in [0, 0.1) is 18.7 Å². The van der Waals surface area contributed by atoms with E-state index >= 15 is 0 Å². The summed E-state index contributed by atoms with van der Waals surface area (Å²) in [6, 6.07) is 4.70. The average Bonchev–Trinajstić information content (AvgIpc) is 2.95. The van der Waals surface area contributed by atoms with Gasteiger partial charge in [-0.2, -0.15) is 0 Å². The van der Waals surface area contributed by atoms with Gasteiger partial charge in [0.25, 0.3) is 0 Å². The molecule has 2 saturated heterocycles. The van der Waals surface area contributed by atoms with Gasteiger partial charge in [-0.1, -0.05) is 6.07 Å². The van der Waals surface area contributed by atoms with Crippen LogP contribution in [0.1, 0.15) is 30.4 Å². The molecule has 0 saturated carbocycles. The lowest BCUT2D eigenvalue weighted by Crippen LogP contribution is -2.45. The summed E-state index contributed by atoms with van der Waals surface area (Å²) < 4.78 is 36.5. The predicted molar refractivity (Wildman–Crippen MR) is 94.3 cm³/mol. The van der Waals surface area contributed by atoms with Crippen molar-refractivity contribution in [1.82, 2.24) is 10.2 Å². The van der Waals surface area contributed by atoms with Crippen molar-refractivity contribution in [2.24, 2.45) is 5.92 Å². The van der Waals surface area contributed by atoms with Gasteiger partial charge in [0.2, 0.25) is 5.91 Å². The molecule has 0 unspecified atom stereocenters. The average molecular weight is 368 g/mol. The molecule has 2 aliphatic heterocycles. The van der Waals surface area contributed by atoms with Gasteiger partial charge in [0, 0.05) is 18.5 Å². The molecule has 0 spiro atoms. The number of halogens is 1. The number of likely N-dealkylation sites (tertiary alicyclic amines) is 1. The Hall–Kier alpha value is -1.47. The number of carbonyl (C=O) groups is 1. The number of hydrogen-bond acceptors (Lipinski definition) is 4. The van der Waals surface area contributed by atoms with Crippen LogP contribution >= 0.6 is 0 Å². The smallest absolute Gasteiger partial charge is 0.223 e. The van der Waals surface area contributed by atoms with E-state index in [1.54, 1.807) is 6.07 Å². The first-order chi connectivity index (χ1) is 11.8. The van der Waals surface area contributed by atoms with Crippen molar-refractivity contribution in [2.75, 3.05) is 24.6 Å². The fourth-order valence-corrected chi connectivity index (χ4v) is 5.51. The number of carbonyl (C=O) groups excluding carboxylic acids is 1. The number of nitrogens with zero attached hydrogens (tertiary/aromatic N) is 1. The van der Waals surface area contributed by atoms with Crippen LogP contribution in [0.4, 0.5) is 4.39 Å². The van der Waals surface area contributed by atoms with Gasteiger partial charge < -0.3 is 5.32 Å². The molecule has 2 heterocycles. The SMILES string of the molecule is Cc1ccc(F)cc1CNC(=O)C1CCN([C@H]2CCS(=O)(=O)C2)CC1. The number of benzene rings is 1. The molecule has 25 heavy (non-hydrogen) atoms. The summed E-state index contributed by atoms with van der Waals surface area (Å²) in [6.45, 7) is 3.76. The highest BCUT2D eigenvalue weighted by molar-refractivity contribution is 7.91. The molecule has 138 valence electrons. The molecule has 3 rings (SSSR count). The summed E-state index contributed by atoms with van der Waals surface area (Å²) >= 11 is 0. The van der Waals surface area contributed by atoms with E-state index in [-0.39, 0.29) is 35.2 Å². The van der Waals surface area contributed by atoms with Crippen LogP contribution in [0.25, 0.3) is 0 Å². The Morgan fingerprint density at radius 3 is 2.64 bits per heavy atom. The van der Waals surface area contributed by atoms with Gasteiger partial charge in [0.15, 0.2) is 9.84 Å². The van der Waals surface area contributed by atoms with Crippen molar-refractivity contribution in [1.29, 1.82) is 0 Å². The highest BCUT2D eigenvalue weighted by Gasteiger charge is 2.35. The molecule has 1 atom stereocenters. The quantitative estimate of drug-likeness (QED) is 0.878. The third-order valence-corrected chi connectivity index (χ3v) is 7.14. The van der Waals surface area contributed by atoms with Crippen LogP contribution in [0.2, 0.25) is 0 Å². The summed E-state index contributed by atoms with van der Waals surface area (Å²) in [5.74, 6) is 0.188. The zero-order chi connectivity index (χ0) is 18.0. The van der Waals surface area contributed by atoms with E-state index in [9.17, 15) is 17.6 Å². The molecule has 0 aliphatic carbocycles. The molecule has 1 aromatic carbocycles. The number of rotatable bonds is 4. The minimum absolute atomic E-state index is 0.00218. The Bertz CT molecular complexity index is 743. The lowest BCUT2D eigenvalue weighted by molar-refractivity contribution is -0.126. The molecule has 1 N–H and O–H groups in total. The fourth-order valence-electron chi connectivity index (χ4n) is 3.75. The van der Waals surface area contributed by atoms with Crippen LogP contribution in [0.15, 0.2) is 18.2 Å². The summed E-state index contributed by atoms with van der Waals surface area (Å²) in [7, 11) is -2.87. The van der Waals surface area contributed by atoms with Crippen molar-refractivity contribution >= 4 is 15.7 Å². The van der Waals surface area contributed by atoms with Crippen LogP contribution in [-0.4, -0.2) is 49.9 Å². The van der Waals surface area contributed by atoms with Gasteiger partial charge in [-0.15, -0.1) is 0 Å². The van der Waals surface area contributed by atoms with E-state index in [1.165, 1.54) is 12.1 Å². The fraction of sp³-hybridized carbons (Fsp3) is 0.611. The molecule has 0 radical (unpaired) electrons. The van der Waals surface area contributed by atoms with E-state index in [4.69, 9.17) is 0 Å². The summed E-state index contributed by atoms with van der Waals surface area (Å²) in [4.78, 5) is 14.6. The van der Waals surface area contributed by atoms with Crippen LogP contribution in [0.3, 0.4) is 0 Å². The van der Waals surface area contributed by atoms with Crippen molar-refractivity contribution < 1.29 is 17.6 Å². The van der Waals surface area contributed by atoms with Crippen molar-refractivity contribution in [3.05, 3.63) is 35.1 Å². The number of piperidine rings is 1. The first-order valence-electron chi connectivity index (χ1n) is 8.81. The number of sulfone groups is 1. The van der Waals surface area contributed by atoms with Crippen molar-refractivity contribution in [3.63, 3.8) is 0 Å². The second-order valence-electron chi connectivity index (χ2n) is 7.16. The minimum Gasteiger partial charge on any atom is -0.352 e. The maximum atomic E-state index is 13.3. The molecule has 7 heteroatoms. The third-order valence-electron chi connectivity index (χ3n) is 5.39. The Kier molecular flexibility index (Phi) is 5.43. The van der Waals surface area contributed by atoms with Crippen LogP contribution in [-0.2, 0) is 21.2 Å². The van der Waals surface area contributed by atoms with Gasteiger partial charge in [-0.25, -0.2) is 12.8 Å². The van der Waals surface area contributed by atoms with Crippen LogP contribution < -0.4 is 5.32 Å². The van der Waals surface area contributed by atoms with E-state index in [2.05, 4.69) is 10.2 Å². The normalized spacial score (nSPS) is 24.3. The zero-order valence-corrected chi connectivity index (χ0v) is 15.3. The molecule has 5 nitrogen and oxygen atoms in total. The van der Waals surface area contributed by atoms with Gasteiger partial charge in [0.1, 0.15) is 5.82 Å². The van der Waals surface area contributed by atoms with E-state index < -0.39 is 9.84 Å². The lowest BCUT2D eigenvalue weighted by Gasteiger charge is -2.34. The summed E-state index contributed by atoms with van der Waals surface area (Å²) in [6.07, 6.45) is 2.19. The standard InChI is InChI=1S/C18H25FN2O3S/c1-13-2-3-16(19)10-15(13)11-20-18(22)14-4-7-21(8-5-14)17-6-9-25(23,24)12-17/h2-3,10,14,17H,4-9,11-12H2,1H3,(H,20,22)/t17-/m0/s1. The molecule has 0 bridgehead atoms. The summed E-state index contributed by atoms with van der Waals surface area (Å²) in [5, 5.41) is 2.91. The van der Waals surface area contributed by atoms with Crippen molar-refractivity contribution in [2.45, 2.75) is 38.8 Å². The Morgan fingerprint density at radius 2 is 2.00 bits per heavy atom. The number of amides is 1. The monoisotopic (exact) mass is 368 g/mol. The molecule has 1 amide bonds. The van der Waals surface area contributed by atoms with Crippen LogP contribution in [0.5, 0.6) is 0 Å². The molecule has 2 aliphatic rings. The zero-order valence-electron chi connectivity index (χ0n) is 14.5. The third kappa shape index (κ3) is 4.58. The lowest BCUT2D eigenvalue weighted by atomic mass is 9.94. The van der Waals surface area contributed by atoms with Gasteiger partial charge >= 0.3 is 0 Å². The van der Waals surface area contributed by atoms with E-state index in [1.807, 2.05) is 6.92 Å². The molecule has 2 fully saturated rings. The number of hydrogen-bond donors (Lipinski definition) is 1. The molecular weight excluding hydrogens is 343 g/mol. The Labute approximate surface area is 148 Å². The van der Waals surface area contributed by atoms with Gasteiger partial charge in [-0.05, 0) is 62.5 Å². The maximum absolute atomic E-state index is 13.3. The number of nitrogens with one attached hydrogen (secondary N) is 1. The predicted octanol–water partition coefficient (Wildman–Crippen LogP) is 1.65. The highest BCUT2D eigenvalue weighted by atomic mass is 32.2. The molecule has 1 aromatic rings. The highest BCUT2D eigenvalue weighted by Crippen LogP contribution is 2.24. The second-order valence-corrected chi connectivity index (χ2v) is 9.38. The molecular formula is C18H25FN2O3S. The van der Waals surface area contributed by atoms with E-state index in [0.29, 0.717) is 13.0 Å². The summed E-state index contributed by atoms with van der Waals surface area (Å²) in [5.41, 5.74) is 1.75. The van der Waals surface area contributed by atoms with Gasteiger partial charge in [-0.3, -0.25) is 9.69 Å². The largest absolute Gasteiger partial charge is 0.352 e. The second kappa shape index (κ2) is 7.41. The Morgan fingerprint density at radius 1 is 1.28 bits per heavy atom. The topological polar surface area (TPSA) is 66.5 Å². The minimum atomic E-state index is -2.87. The van der Waals surface area contributed by atoms with Crippen molar-refractivity contribution in [3.8, 4) is 0 Å². The Balaban J connectivity index is 1.48. The van der Waals surface area contributed by atoms with Gasteiger partial charge in [0.05, 0.1) is 11.5 Å². The number of aryl methyl sites for hydroxylation is 1.